The van der Waals surface area contributed by atoms with E-state index in [9.17, 15) is 4.79 Å². The predicted molar refractivity (Wildman–Crippen MR) is 83.0 cm³/mol. The molecule has 0 bridgehead atoms. The molecule has 22 heavy (non-hydrogen) atoms. The molecular weight excluding hydrogens is 282 g/mol. The van der Waals surface area contributed by atoms with Crippen molar-refractivity contribution in [1.29, 1.82) is 0 Å². The third kappa shape index (κ3) is 3.72. The van der Waals surface area contributed by atoms with Crippen LogP contribution in [0.1, 0.15) is 22.3 Å². The molecule has 1 heterocycles. The fraction of sp³-hybridized carbons (Fsp3) is 0.375. The molecule has 1 aromatic heterocycles. The summed E-state index contributed by atoms with van der Waals surface area (Å²) in [4.78, 5) is 14.0. The second-order valence-corrected chi connectivity index (χ2v) is 5.05. The zero-order chi connectivity index (χ0) is 15.9. The highest BCUT2D eigenvalue weighted by molar-refractivity contribution is 5.93. The van der Waals surface area contributed by atoms with Gasteiger partial charge in [0.15, 0.2) is 0 Å². The molecule has 0 saturated carbocycles. The Morgan fingerprint density at radius 1 is 1.23 bits per heavy atom. The summed E-state index contributed by atoms with van der Waals surface area (Å²) in [6.45, 7) is 2.54. The first-order chi connectivity index (χ1) is 10.7. The molecule has 2 N–H and O–H groups in total. The van der Waals surface area contributed by atoms with Crippen LogP contribution in [0.3, 0.4) is 0 Å². The van der Waals surface area contributed by atoms with Gasteiger partial charge in [-0.3, -0.25) is 4.79 Å². The van der Waals surface area contributed by atoms with Crippen molar-refractivity contribution in [1.82, 2.24) is 14.7 Å². The number of aryl methyl sites for hydroxylation is 1. The number of nitrogens with zero attached hydrogens (tertiary/aromatic N) is 3. The topological polar surface area (TPSA) is 78.6 Å². The van der Waals surface area contributed by atoms with Crippen LogP contribution in [0.4, 0.5) is 0 Å². The summed E-state index contributed by atoms with van der Waals surface area (Å²) in [7, 11) is 0. The van der Waals surface area contributed by atoms with Gasteiger partial charge in [0, 0.05) is 25.9 Å². The number of amides is 1. The first-order valence-electron chi connectivity index (χ1n) is 7.29. The Morgan fingerprint density at radius 2 is 2.00 bits per heavy atom. The lowest BCUT2D eigenvalue weighted by molar-refractivity contribution is 0.0710. The van der Waals surface area contributed by atoms with Gasteiger partial charge in [-0.05, 0) is 25.0 Å². The SMILES string of the molecule is Cc1ccccc1-n1cc(C(=O)N(CCO)CCCO)cn1. The fourth-order valence-corrected chi connectivity index (χ4v) is 2.27. The molecule has 0 spiro atoms. The number of carbonyl (C=O) groups is 1. The Balaban J connectivity index is 2.19. The first kappa shape index (κ1) is 16.2. The van der Waals surface area contributed by atoms with E-state index in [2.05, 4.69) is 5.10 Å². The van der Waals surface area contributed by atoms with Gasteiger partial charge in [-0.2, -0.15) is 5.10 Å². The number of aliphatic hydroxyl groups is 2. The van der Waals surface area contributed by atoms with Crippen molar-refractivity contribution in [3.63, 3.8) is 0 Å². The van der Waals surface area contributed by atoms with Crippen LogP contribution in [0.15, 0.2) is 36.7 Å². The minimum Gasteiger partial charge on any atom is -0.396 e. The summed E-state index contributed by atoms with van der Waals surface area (Å²) in [5, 5.41) is 22.2. The van der Waals surface area contributed by atoms with Crippen molar-refractivity contribution < 1.29 is 15.0 Å². The van der Waals surface area contributed by atoms with E-state index in [4.69, 9.17) is 10.2 Å². The van der Waals surface area contributed by atoms with Crippen LogP contribution in [0.25, 0.3) is 5.69 Å². The molecule has 0 aliphatic carbocycles. The number of aromatic nitrogens is 2. The highest BCUT2D eigenvalue weighted by Crippen LogP contribution is 2.14. The van der Waals surface area contributed by atoms with E-state index in [0.717, 1.165) is 11.3 Å². The Kier molecular flexibility index (Phi) is 5.68. The standard InChI is InChI=1S/C16H21N3O3/c1-13-5-2-3-6-15(13)19-12-14(11-17-19)16(22)18(8-10-21)7-4-9-20/h2-3,5-6,11-12,20-21H,4,7-10H2,1H3. The van der Waals surface area contributed by atoms with Crippen molar-refractivity contribution in [2.75, 3.05) is 26.3 Å². The average Bonchev–Trinajstić information content (AvgIpc) is 3.01. The number of para-hydroxylation sites is 1. The van der Waals surface area contributed by atoms with Crippen molar-refractivity contribution in [2.45, 2.75) is 13.3 Å². The van der Waals surface area contributed by atoms with E-state index < -0.39 is 0 Å². The highest BCUT2D eigenvalue weighted by atomic mass is 16.3. The smallest absolute Gasteiger partial charge is 0.257 e. The fourth-order valence-electron chi connectivity index (χ4n) is 2.27. The minimum atomic E-state index is -0.192. The molecule has 0 aliphatic rings. The monoisotopic (exact) mass is 303 g/mol. The van der Waals surface area contributed by atoms with Crippen LogP contribution in [-0.2, 0) is 0 Å². The number of hydrogen-bond acceptors (Lipinski definition) is 4. The van der Waals surface area contributed by atoms with E-state index in [0.29, 0.717) is 18.5 Å². The molecule has 2 rings (SSSR count). The van der Waals surface area contributed by atoms with E-state index in [-0.39, 0.29) is 25.7 Å². The van der Waals surface area contributed by atoms with Gasteiger partial charge in [-0.25, -0.2) is 4.68 Å². The Morgan fingerprint density at radius 3 is 2.68 bits per heavy atom. The molecule has 118 valence electrons. The zero-order valence-corrected chi connectivity index (χ0v) is 12.6. The summed E-state index contributed by atoms with van der Waals surface area (Å²) in [5.74, 6) is -0.192. The van der Waals surface area contributed by atoms with E-state index in [1.165, 1.54) is 11.1 Å². The van der Waals surface area contributed by atoms with Crippen molar-refractivity contribution >= 4 is 5.91 Å². The normalized spacial score (nSPS) is 10.7. The second-order valence-electron chi connectivity index (χ2n) is 5.05. The molecule has 0 atom stereocenters. The van der Waals surface area contributed by atoms with Crippen LogP contribution in [0, 0.1) is 6.92 Å². The summed E-state index contributed by atoms with van der Waals surface area (Å²) in [5.41, 5.74) is 2.46. The Labute approximate surface area is 129 Å². The van der Waals surface area contributed by atoms with Crippen LogP contribution in [0.2, 0.25) is 0 Å². The van der Waals surface area contributed by atoms with Gasteiger partial charge in [0.05, 0.1) is 24.1 Å². The summed E-state index contributed by atoms with van der Waals surface area (Å²) in [6.07, 6.45) is 3.70. The quantitative estimate of drug-likeness (QED) is 0.800. The maximum absolute atomic E-state index is 12.5. The largest absolute Gasteiger partial charge is 0.396 e. The van der Waals surface area contributed by atoms with Gasteiger partial charge in [-0.15, -0.1) is 0 Å². The lowest BCUT2D eigenvalue weighted by Gasteiger charge is -2.20. The minimum absolute atomic E-state index is 0.0116. The van der Waals surface area contributed by atoms with E-state index in [1.807, 2.05) is 31.2 Å². The molecule has 0 unspecified atom stereocenters. The van der Waals surface area contributed by atoms with Gasteiger partial charge in [0.25, 0.3) is 5.91 Å². The Bertz CT molecular complexity index is 625. The molecule has 0 aliphatic heterocycles. The average molecular weight is 303 g/mol. The number of rotatable bonds is 7. The number of carbonyl (C=O) groups excluding carboxylic acids is 1. The molecule has 1 amide bonds. The third-order valence-corrected chi connectivity index (χ3v) is 3.44. The van der Waals surface area contributed by atoms with Crippen LogP contribution >= 0.6 is 0 Å². The summed E-state index contributed by atoms with van der Waals surface area (Å²) < 4.78 is 1.67. The molecule has 1 aromatic carbocycles. The lowest BCUT2D eigenvalue weighted by atomic mass is 10.2. The number of benzene rings is 1. The van der Waals surface area contributed by atoms with Gasteiger partial charge >= 0.3 is 0 Å². The molecule has 0 saturated heterocycles. The van der Waals surface area contributed by atoms with E-state index >= 15 is 0 Å². The van der Waals surface area contributed by atoms with Crippen molar-refractivity contribution in [2.24, 2.45) is 0 Å². The first-order valence-corrected chi connectivity index (χ1v) is 7.29. The van der Waals surface area contributed by atoms with Crippen LogP contribution in [0.5, 0.6) is 0 Å². The molecule has 2 aromatic rings. The lowest BCUT2D eigenvalue weighted by Crippen LogP contribution is -2.34. The van der Waals surface area contributed by atoms with Gasteiger partial charge < -0.3 is 15.1 Å². The third-order valence-electron chi connectivity index (χ3n) is 3.44. The van der Waals surface area contributed by atoms with Crippen LogP contribution < -0.4 is 0 Å². The van der Waals surface area contributed by atoms with Gasteiger partial charge in [-0.1, -0.05) is 18.2 Å². The maximum Gasteiger partial charge on any atom is 0.257 e. The molecule has 0 fully saturated rings. The number of hydrogen-bond donors (Lipinski definition) is 2. The van der Waals surface area contributed by atoms with Crippen LogP contribution in [-0.4, -0.2) is 57.1 Å². The Hall–Kier alpha value is -2.18. The van der Waals surface area contributed by atoms with E-state index in [1.54, 1.807) is 10.9 Å². The second kappa shape index (κ2) is 7.72. The molecule has 0 radical (unpaired) electrons. The highest BCUT2D eigenvalue weighted by Gasteiger charge is 2.17. The predicted octanol–water partition coefficient (Wildman–Crippen LogP) is 0.998. The molecule has 6 heteroatoms. The van der Waals surface area contributed by atoms with Crippen molar-refractivity contribution in [3.8, 4) is 5.69 Å². The maximum atomic E-state index is 12.5. The zero-order valence-electron chi connectivity index (χ0n) is 12.6. The molecule has 6 nitrogen and oxygen atoms in total. The number of aliphatic hydroxyl groups excluding tert-OH is 2. The summed E-state index contributed by atoms with van der Waals surface area (Å²) in [6, 6.07) is 7.79. The van der Waals surface area contributed by atoms with Gasteiger partial charge in [0.1, 0.15) is 0 Å². The molecular formula is C16H21N3O3. The van der Waals surface area contributed by atoms with Crippen molar-refractivity contribution in [3.05, 3.63) is 47.8 Å². The van der Waals surface area contributed by atoms with Gasteiger partial charge in [0.2, 0.25) is 0 Å². The summed E-state index contributed by atoms with van der Waals surface area (Å²) >= 11 is 0.